The van der Waals surface area contributed by atoms with E-state index in [0.717, 1.165) is 24.4 Å². The van der Waals surface area contributed by atoms with Gasteiger partial charge in [0.25, 0.3) is 0 Å². The number of anilines is 1. The van der Waals surface area contributed by atoms with Crippen LogP contribution < -0.4 is 4.90 Å². The summed E-state index contributed by atoms with van der Waals surface area (Å²) in [5.41, 5.74) is 0. The van der Waals surface area contributed by atoms with Crippen molar-refractivity contribution in [2.45, 2.75) is 32.4 Å². The fourth-order valence-corrected chi connectivity index (χ4v) is 2.74. The minimum atomic E-state index is 0.627. The van der Waals surface area contributed by atoms with Gasteiger partial charge >= 0.3 is 0 Å². The summed E-state index contributed by atoms with van der Waals surface area (Å²) in [5.74, 6) is 1.13. The number of rotatable bonds is 3. The number of hydrogen-bond donors (Lipinski definition) is 0. The van der Waals surface area contributed by atoms with E-state index in [1.54, 1.807) is 0 Å². The maximum Gasteiger partial charge on any atom is 0.205 e. The third kappa shape index (κ3) is 1.67. The van der Waals surface area contributed by atoms with Crippen molar-refractivity contribution in [2.24, 2.45) is 0 Å². The number of nitrogens with zero attached hydrogens (tertiary/aromatic N) is 3. The second-order valence-electron chi connectivity index (χ2n) is 3.66. The molecule has 1 aromatic heterocycles. The largest absolute Gasteiger partial charge is 0.338 e. The average Bonchev–Trinajstić information content (AvgIpc) is 2.85. The summed E-state index contributed by atoms with van der Waals surface area (Å²) in [6.07, 6.45) is 6.51. The van der Waals surface area contributed by atoms with Crippen LogP contribution in [0.25, 0.3) is 0 Å². The number of halogens is 1. The fourth-order valence-electron chi connectivity index (χ4n) is 2.07. The SMILES string of the molecule is CCn1ccnc1N1CCCC1CBr. The van der Waals surface area contributed by atoms with E-state index in [2.05, 4.69) is 43.5 Å². The Labute approximate surface area is 93.2 Å². The molecule has 1 aliphatic heterocycles. The Kier molecular flexibility index (Phi) is 3.11. The molecule has 78 valence electrons. The number of aryl methyl sites for hydroxylation is 1. The molecule has 3 nitrogen and oxygen atoms in total. The summed E-state index contributed by atoms with van der Waals surface area (Å²) in [6, 6.07) is 0.627. The van der Waals surface area contributed by atoms with Gasteiger partial charge in [0, 0.05) is 36.9 Å². The Morgan fingerprint density at radius 1 is 1.64 bits per heavy atom. The van der Waals surface area contributed by atoms with Gasteiger partial charge in [0.1, 0.15) is 0 Å². The maximum absolute atomic E-state index is 4.44. The van der Waals surface area contributed by atoms with Gasteiger partial charge in [-0.25, -0.2) is 4.98 Å². The van der Waals surface area contributed by atoms with Crippen molar-refractivity contribution in [1.82, 2.24) is 9.55 Å². The van der Waals surface area contributed by atoms with Crippen LogP contribution in [0.4, 0.5) is 5.95 Å². The van der Waals surface area contributed by atoms with Gasteiger partial charge in [-0.05, 0) is 19.8 Å². The van der Waals surface area contributed by atoms with Crippen molar-refractivity contribution in [2.75, 3.05) is 16.8 Å². The van der Waals surface area contributed by atoms with Crippen molar-refractivity contribution < 1.29 is 0 Å². The highest BCUT2D eigenvalue weighted by molar-refractivity contribution is 9.09. The predicted molar refractivity (Wildman–Crippen MR) is 62.1 cm³/mol. The van der Waals surface area contributed by atoms with Crippen LogP contribution in [0.3, 0.4) is 0 Å². The van der Waals surface area contributed by atoms with Gasteiger partial charge < -0.3 is 9.47 Å². The smallest absolute Gasteiger partial charge is 0.205 e. The van der Waals surface area contributed by atoms with Crippen LogP contribution in [0.2, 0.25) is 0 Å². The van der Waals surface area contributed by atoms with Crippen LogP contribution in [0.15, 0.2) is 12.4 Å². The Morgan fingerprint density at radius 3 is 3.21 bits per heavy atom. The molecule has 2 heterocycles. The Hall–Kier alpha value is -0.510. The van der Waals surface area contributed by atoms with Crippen LogP contribution in [0, 0.1) is 0 Å². The number of imidazole rings is 1. The molecule has 1 aromatic rings. The third-order valence-corrected chi connectivity index (χ3v) is 3.59. The van der Waals surface area contributed by atoms with Crippen LogP contribution in [0.1, 0.15) is 19.8 Å². The molecule has 14 heavy (non-hydrogen) atoms. The second kappa shape index (κ2) is 4.34. The van der Waals surface area contributed by atoms with Crippen LogP contribution in [-0.2, 0) is 6.54 Å². The van der Waals surface area contributed by atoms with Gasteiger partial charge in [0.05, 0.1) is 0 Å². The Bertz CT molecular complexity index is 297. The summed E-state index contributed by atoms with van der Waals surface area (Å²) < 4.78 is 2.21. The molecule has 0 aliphatic carbocycles. The van der Waals surface area contributed by atoms with Crippen molar-refractivity contribution in [3.63, 3.8) is 0 Å². The van der Waals surface area contributed by atoms with E-state index in [0.29, 0.717) is 6.04 Å². The number of aromatic nitrogens is 2. The number of hydrogen-bond acceptors (Lipinski definition) is 2. The fraction of sp³-hybridized carbons (Fsp3) is 0.700. The van der Waals surface area contributed by atoms with Gasteiger partial charge in [-0.1, -0.05) is 15.9 Å². The molecule has 0 radical (unpaired) electrons. The van der Waals surface area contributed by atoms with Crippen molar-refractivity contribution >= 4 is 21.9 Å². The van der Waals surface area contributed by atoms with Crippen LogP contribution in [-0.4, -0.2) is 27.5 Å². The van der Waals surface area contributed by atoms with E-state index >= 15 is 0 Å². The lowest BCUT2D eigenvalue weighted by atomic mass is 10.2. The Balaban J connectivity index is 2.21. The quantitative estimate of drug-likeness (QED) is 0.775. The molecular weight excluding hydrogens is 242 g/mol. The summed E-state index contributed by atoms with van der Waals surface area (Å²) in [4.78, 5) is 6.85. The summed E-state index contributed by atoms with van der Waals surface area (Å²) in [5, 5.41) is 1.05. The molecule has 0 bridgehead atoms. The monoisotopic (exact) mass is 257 g/mol. The maximum atomic E-state index is 4.44. The molecule has 0 N–H and O–H groups in total. The van der Waals surface area contributed by atoms with Gasteiger partial charge in [-0.2, -0.15) is 0 Å². The molecule has 0 amide bonds. The van der Waals surface area contributed by atoms with Crippen molar-refractivity contribution in [1.29, 1.82) is 0 Å². The van der Waals surface area contributed by atoms with E-state index < -0.39 is 0 Å². The topological polar surface area (TPSA) is 21.1 Å². The summed E-state index contributed by atoms with van der Waals surface area (Å²) in [7, 11) is 0. The Morgan fingerprint density at radius 2 is 2.50 bits per heavy atom. The van der Waals surface area contributed by atoms with Crippen molar-refractivity contribution in [3.8, 4) is 0 Å². The summed E-state index contributed by atoms with van der Waals surface area (Å²) >= 11 is 3.57. The lowest BCUT2D eigenvalue weighted by Crippen LogP contribution is -2.32. The van der Waals surface area contributed by atoms with Gasteiger partial charge in [-0.15, -0.1) is 0 Å². The molecule has 1 unspecified atom stereocenters. The second-order valence-corrected chi connectivity index (χ2v) is 4.30. The minimum absolute atomic E-state index is 0.627. The van der Waals surface area contributed by atoms with E-state index in [9.17, 15) is 0 Å². The van der Waals surface area contributed by atoms with E-state index in [-0.39, 0.29) is 0 Å². The normalized spacial score (nSPS) is 21.9. The highest BCUT2D eigenvalue weighted by atomic mass is 79.9. The lowest BCUT2D eigenvalue weighted by molar-refractivity contribution is 0.680. The van der Waals surface area contributed by atoms with Gasteiger partial charge in [0.2, 0.25) is 5.95 Å². The molecule has 1 fully saturated rings. The molecular formula is C10H16BrN3. The molecule has 4 heteroatoms. The van der Waals surface area contributed by atoms with Crippen LogP contribution >= 0.6 is 15.9 Å². The highest BCUT2D eigenvalue weighted by Crippen LogP contribution is 2.24. The van der Waals surface area contributed by atoms with E-state index in [1.807, 2.05) is 6.20 Å². The standard InChI is InChI=1S/C10H16BrN3/c1-2-13-7-5-12-10(13)14-6-3-4-9(14)8-11/h5,7,9H,2-4,6,8H2,1H3. The molecule has 1 saturated heterocycles. The zero-order chi connectivity index (χ0) is 9.97. The molecule has 0 saturated carbocycles. The molecule has 1 aliphatic rings. The van der Waals surface area contributed by atoms with Crippen molar-refractivity contribution in [3.05, 3.63) is 12.4 Å². The first-order valence-electron chi connectivity index (χ1n) is 5.20. The van der Waals surface area contributed by atoms with E-state index in [1.165, 1.54) is 12.8 Å². The summed E-state index contributed by atoms with van der Waals surface area (Å²) in [6.45, 7) is 4.30. The number of alkyl halides is 1. The molecule has 2 rings (SSSR count). The average molecular weight is 258 g/mol. The lowest BCUT2D eigenvalue weighted by Gasteiger charge is -2.24. The zero-order valence-electron chi connectivity index (χ0n) is 8.49. The van der Waals surface area contributed by atoms with Gasteiger partial charge in [0.15, 0.2) is 0 Å². The first-order valence-corrected chi connectivity index (χ1v) is 6.32. The van der Waals surface area contributed by atoms with Gasteiger partial charge in [-0.3, -0.25) is 0 Å². The molecule has 0 spiro atoms. The molecule has 0 aromatic carbocycles. The van der Waals surface area contributed by atoms with E-state index in [4.69, 9.17) is 0 Å². The predicted octanol–water partition coefficient (Wildman–Crippen LogP) is 2.27. The highest BCUT2D eigenvalue weighted by Gasteiger charge is 2.26. The first kappa shape index (κ1) is 10.0. The minimum Gasteiger partial charge on any atom is -0.338 e. The zero-order valence-corrected chi connectivity index (χ0v) is 10.1. The van der Waals surface area contributed by atoms with Crippen LogP contribution in [0.5, 0.6) is 0 Å². The molecule has 1 atom stereocenters. The first-order chi connectivity index (χ1) is 6.86. The third-order valence-electron chi connectivity index (χ3n) is 2.85.